The van der Waals surface area contributed by atoms with Crippen LogP contribution in [0.4, 0.5) is 0 Å². The highest BCUT2D eigenvalue weighted by Gasteiger charge is 2.09. The van der Waals surface area contributed by atoms with Crippen molar-refractivity contribution in [2.24, 2.45) is 17.4 Å². The molecule has 0 heterocycles. The highest BCUT2D eigenvalue weighted by Crippen LogP contribution is 2.24. The van der Waals surface area contributed by atoms with Gasteiger partial charge >= 0.3 is 0 Å². The van der Waals surface area contributed by atoms with Crippen molar-refractivity contribution in [1.82, 2.24) is 0 Å². The first kappa shape index (κ1) is 16.0. The van der Waals surface area contributed by atoms with Gasteiger partial charge in [-0.1, -0.05) is 6.92 Å². The Bertz CT molecular complexity index is 363. The van der Waals surface area contributed by atoms with Crippen molar-refractivity contribution in [2.75, 3.05) is 19.7 Å². The Morgan fingerprint density at radius 3 is 2.16 bits per heavy atom. The quantitative estimate of drug-likeness (QED) is 0.758. The van der Waals surface area contributed by atoms with E-state index in [1.165, 1.54) is 16.7 Å². The Balaban J connectivity index is 2.73. The van der Waals surface area contributed by atoms with Gasteiger partial charge in [0.2, 0.25) is 0 Å². The van der Waals surface area contributed by atoms with Crippen LogP contribution in [0.3, 0.4) is 0 Å². The maximum absolute atomic E-state index is 5.70. The molecule has 0 unspecified atom stereocenters. The number of benzene rings is 1. The molecule has 0 aliphatic rings. The van der Waals surface area contributed by atoms with Crippen LogP contribution in [-0.2, 0) is 6.42 Å². The van der Waals surface area contributed by atoms with Gasteiger partial charge in [-0.3, -0.25) is 0 Å². The predicted molar refractivity (Wildman–Crippen MR) is 81.6 cm³/mol. The molecule has 19 heavy (non-hydrogen) atoms. The lowest BCUT2D eigenvalue weighted by atomic mass is 9.93. The van der Waals surface area contributed by atoms with Gasteiger partial charge in [0.1, 0.15) is 5.75 Å². The van der Waals surface area contributed by atoms with E-state index in [0.717, 1.165) is 31.6 Å². The molecule has 0 fully saturated rings. The van der Waals surface area contributed by atoms with E-state index in [-0.39, 0.29) is 0 Å². The molecule has 3 heteroatoms. The van der Waals surface area contributed by atoms with Crippen LogP contribution in [0.2, 0.25) is 0 Å². The monoisotopic (exact) mass is 264 g/mol. The average molecular weight is 264 g/mol. The van der Waals surface area contributed by atoms with E-state index in [1.807, 2.05) is 0 Å². The van der Waals surface area contributed by atoms with Gasteiger partial charge in [0.15, 0.2) is 0 Å². The summed E-state index contributed by atoms with van der Waals surface area (Å²) in [5.74, 6) is 1.41. The minimum absolute atomic E-state index is 0.426. The Labute approximate surface area is 117 Å². The third kappa shape index (κ3) is 4.84. The first-order valence-electron chi connectivity index (χ1n) is 7.25. The van der Waals surface area contributed by atoms with Gasteiger partial charge in [-0.15, -0.1) is 0 Å². The normalized spacial score (nSPS) is 11.1. The molecule has 0 radical (unpaired) electrons. The minimum Gasteiger partial charge on any atom is -0.494 e. The molecule has 1 aromatic carbocycles. The van der Waals surface area contributed by atoms with Gasteiger partial charge in [0.25, 0.3) is 0 Å². The van der Waals surface area contributed by atoms with Gasteiger partial charge in [0, 0.05) is 0 Å². The zero-order valence-electron chi connectivity index (χ0n) is 12.5. The van der Waals surface area contributed by atoms with E-state index in [4.69, 9.17) is 16.2 Å². The molecule has 0 atom stereocenters. The number of aryl methyl sites for hydroxylation is 2. The lowest BCUT2D eigenvalue weighted by molar-refractivity contribution is 0.317. The van der Waals surface area contributed by atoms with Crippen molar-refractivity contribution >= 4 is 0 Å². The fourth-order valence-electron chi connectivity index (χ4n) is 2.33. The van der Waals surface area contributed by atoms with Gasteiger partial charge in [-0.2, -0.15) is 0 Å². The fraction of sp³-hybridized carbons (Fsp3) is 0.625. The Morgan fingerprint density at radius 1 is 1.11 bits per heavy atom. The van der Waals surface area contributed by atoms with E-state index >= 15 is 0 Å². The zero-order valence-corrected chi connectivity index (χ0v) is 12.5. The summed E-state index contributed by atoms with van der Waals surface area (Å²) in [5.41, 5.74) is 15.4. The second-order valence-corrected chi connectivity index (χ2v) is 5.26. The van der Waals surface area contributed by atoms with Crippen molar-refractivity contribution in [3.05, 3.63) is 28.8 Å². The van der Waals surface area contributed by atoms with Crippen molar-refractivity contribution in [1.29, 1.82) is 0 Å². The molecular formula is C16H28N2O. The minimum atomic E-state index is 0.426. The van der Waals surface area contributed by atoms with Crippen LogP contribution in [0.15, 0.2) is 12.1 Å². The average Bonchev–Trinajstić information content (AvgIpc) is 2.40. The molecule has 0 aliphatic heterocycles. The molecule has 4 N–H and O–H groups in total. The van der Waals surface area contributed by atoms with E-state index in [1.54, 1.807) is 0 Å². The van der Waals surface area contributed by atoms with Gasteiger partial charge in [-0.25, -0.2) is 0 Å². The number of hydrogen-bond acceptors (Lipinski definition) is 3. The number of nitrogens with two attached hydrogens (primary N) is 2. The molecule has 0 spiro atoms. The molecule has 0 aliphatic carbocycles. The van der Waals surface area contributed by atoms with E-state index < -0.39 is 0 Å². The Morgan fingerprint density at radius 2 is 1.68 bits per heavy atom. The van der Waals surface area contributed by atoms with E-state index in [2.05, 4.69) is 32.9 Å². The van der Waals surface area contributed by atoms with Crippen LogP contribution < -0.4 is 16.2 Å². The summed E-state index contributed by atoms with van der Waals surface area (Å²) < 4.78 is 5.70. The lowest BCUT2D eigenvalue weighted by Gasteiger charge is -2.16. The third-order valence-electron chi connectivity index (χ3n) is 3.61. The standard InChI is InChI=1S/C16H28N2O/c1-4-7-19-15-8-12(2)16(13(3)9-15)6-5-14(10-17)11-18/h8-9,14H,4-7,10-11,17-18H2,1-3H3. The van der Waals surface area contributed by atoms with Crippen molar-refractivity contribution in [3.8, 4) is 5.75 Å². The summed E-state index contributed by atoms with van der Waals surface area (Å²) in [6.45, 7) is 8.55. The first-order chi connectivity index (χ1) is 9.12. The van der Waals surface area contributed by atoms with Crippen LogP contribution in [0.1, 0.15) is 36.5 Å². The van der Waals surface area contributed by atoms with Crippen LogP contribution >= 0.6 is 0 Å². The summed E-state index contributed by atoms with van der Waals surface area (Å²) in [7, 11) is 0. The second kappa shape index (κ2) is 8.18. The molecule has 3 nitrogen and oxygen atoms in total. The molecule has 0 bridgehead atoms. The van der Waals surface area contributed by atoms with Crippen molar-refractivity contribution in [2.45, 2.75) is 40.0 Å². The predicted octanol–water partition coefficient (Wildman–Crippen LogP) is 2.56. The zero-order chi connectivity index (χ0) is 14.3. The maximum Gasteiger partial charge on any atom is 0.119 e. The van der Waals surface area contributed by atoms with Crippen LogP contribution in [-0.4, -0.2) is 19.7 Å². The summed E-state index contributed by atoms with van der Waals surface area (Å²) >= 11 is 0. The van der Waals surface area contributed by atoms with E-state index in [9.17, 15) is 0 Å². The number of hydrogen-bond donors (Lipinski definition) is 2. The largest absolute Gasteiger partial charge is 0.494 e. The summed E-state index contributed by atoms with van der Waals surface area (Å²) in [5, 5.41) is 0. The Kier molecular flexibility index (Phi) is 6.89. The van der Waals surface area contributed by atoms with E-state index in [0.29, 0.717) is 19.0 Å². The second-order valence-electron chi connectivity index (χ2n) is 5.26. The number of ether oxygens (including phenoxy) is 1. The highest BCUT2D eigenvalue weighted by atomic mass is 16.5. The third-order valence-corrected chi connectivity index (χ3v) is 3.61. The van der Waals surface area contributed by atoms with Gasteiger partial charge < -0.3 is 16.2 Å². The fourth-order valence-corrected chi connectivity index (χ4v) is 2.33. The Hall–Kier alpha value is -1.06. The maximum atomic E-state index is 5.70. The van der Waals surface area contributed by atoms with Crippen LogP contribution in [0.25, 0.3) is 0 Å². The highest BCUT2D eigenvalue weighted by molar-refractivity contribution is 5.41. The molecule has 0 saturated heterocycles. The topological polar surface area (TPSA) is 61.3 Å². The van der Waals surface area contributed by atoms with Crippen molar-refractivity contribution < 1.29 is 4.74 Å². The lowest BCUT2D eigenvalue weighted by Crippen LogP contribution is -2.23. The molecule has 1 rings (SSSR count). The molecule has 108 valence electrons. The first-order valence-corrected chi connectivity index (χ1v) is 7.25. The molecule has 0 amide bonds. The van der Waals surface area contributed by atoms with Gasteiger partial charge in [0.05, 0.1) is 6.61 Å². The summed E-state index contributed by atoms with van der Waals surface area (Å²) in [4.78, 5) is 0. The van der Waals surface area contributed by atoms with Crippen molar-refractivity contribution in [3.63, 3.8) is 0 Å². The van der Waals surface area contributed by atoms with Crippen LogP contribution in [0.5, 0.6) is 5.75 Å². The van der Waals surface area contributed by atoms with Gasteiger partial charge in [-0.05, 0) is 80.9 Å². The molecule has 0 aromatic heterocycles. The summed E-state index contributed by atoms with van der Waals surface area (Å²) in [6.07, 6.45) is 3.14. The molecule has 1 aromatic rings. The molecule has 0 saturated carbocycles. The summed E-state index contributed by atoms with van der Waals surface area (Å²) in [6, 6.07) is 4.27. The van der Waals surface area contributed by atoms with Crippen LogP contribution in [0, 0.1) is 19.8 Å². The smallest absolute Gasteiger partial charge is 0.119 e. The SMILES string of the molecule is CCCOc1cc(C)c(CCC(CN)CN)c(C)c1. The number of rotatable bonds is 8. The molecular weight excluding hydrogens is 236 g/mol.